The molecule has 1 unspecified atom stereocenters. The maximum Gasteiger partial charge on any atom is 0.266 e. The molecule has 5 heteroatoms. The van der Waals surface area contributed by atoms with Crippen LogP contribution in [0.25, 0.3) is 0 Å². The highest BCUT2D eigenvalue weighted by Gasteiger charge is 2.34. The molecule has 0 aliphatic carbocycles. The molecule has 4 nitrogen and oxygen atoms in total. The third-order valence-electron chi connectivity index (χ3n) is 5.03. The van der Waals surface area contributed by atoms with Crippen LogP contribution in [0.2, 0.25) is 0 Å². The van der Waals surface area contributed by atoms with Gasteiger partial charge in [-0.05, 0) is 40.7 Å². The van der Waals surface area contributed by atoms with Gasteiger partial charge in [0.05, 0.1) is 5.03 Å². The molecule has 0 radical (unpaired) electrons. The Hall–Kier alpha value is -2.71. The van der Waals surface area contributed by atoms with Crippen molar-refractivity contribution in [3.05, 3.63) is 75.8 Å². The van der Waals surface area contributed by atoms with E-state index in [1.165, 1.54) is 11.1 Å². The van der Waals surface area contributed by atoms with E-state index in [1.807, 2.05) is 35.2 Å². The van der Waals surface area contributed by atoms with Crippen molar-refractivity contribution in [3.63, 3.8) is 0 Å². The molecule has 1 amide bonds. The smallest absolute Gasteiger partial charge is 0.266 e. The summed E-state index contributed by atoms with van der Waals surface area (Å²) in [5.41, 5.74) is 4.32. The third-order valence-corrected chi connectivity index (χ3v) is 5.47. The average molecular weight is 392 g/mol. The highest BCUT2D eigenvalue weighted by molar-refractivity contribution is 7.84. The molecule has 0 fully saturated rings. The van der Waals surface area contributed by atoms with Crippen LogP contribution in [0.3, 0.4) is 0 Å². The Bertz CT molecular complexity index is 947. The number of nitriles is 1. The largest absolute Gasteiger partial charge is 0.327 e. The van der Waals surface area contributed by atoms with Crippen molar-refractivity contribution < 1.29 is 4.79 Å². The van der Waals surface area contributed by atoms with E-state index >= 15 is 0 Å². The number of hydrogen-bond donors (Lipinski definition) is 2. The van der Waals surface area contributed by atoms with E-state index in [9.17, 15) is 10.1 Å². The minimum Gasteiger partial charge on any atom is -0.327 e. The highest BCUT2D eigenvalue weighted by Crippen LogP contribution is 2.36. The van der Waals surface area contributed by atoms with Gasteiger partial charge in [-0.15, -0.1) is 12.6 Å². The fraction of sp³-hybridized carbons (Fsp3) is 0.304. The normalized spacial score (nSPS) is 17.4. The zero-order valence-corrected chi connectivity index (χ0v) is 17.5. The molecule has 2 aromatic carbocycles. The Morgan fingerprint density at radius 2 is 1.71 bits per heavy atom. The van der Waals surface area contributed by atoms with Gasteiger partial charge in [-0.2, -0.15) is 5.26 Å². The molecule has 0 bridgehead atoms. The van der Waals surface area contributed by atoms with Gasteiger partial charge in [-0.25, -0.2) is 0 Å². The summed E-state index contributed by atoms with van der Waals surface area (Å²) in [6, 6.07) is 18.3. The van der Waals surface area contributed by atoms with E-state index in [-0.39, 0.29) is 11.0 Å². The van der Waals surface area contributed by atoms with Crippen molar-refractivity contribution in [2.75, 3.05) is 4.90 Å². The van der Waals surface area contributed by atoms with E-state index in [2.05, 4.69) is 69.9 Å². The van der Waals surface area contributed by atoms with Crippen LogP contribution in [0, 0.1) is 11.3 Å². The highest BCUT2D eigenvalue weighted by atomic mass is 32.1. The standard InChI is InChI=1S/C23H25N3OS/c1-5-15-6-12-18(13-7-15)26-20(25-21(27)19(14-24)22(26)28)16-8-10-17(11-9-16)23(2,3)4/h6-13,20,28H,5H2,1-4H3,(H,25,27). The lowest BCUT2D eigenvalue weighted by molar-refractivity contribution is -0.118. The van der Waals surface area contributed by atoms with Gasteiger partial charge in [-0.1, -0.05) is 64.1 Å². The Kier molecular flexibility index (Phi) is 5.53. The first-order valence-corrected chi connectivity index (χ1v) is 9.83. The number of nitrogens with one attached hydrogen (secondary N) is 1. The third kappa shape index (κ3) is 3.79. The second-order valence-corrected chi connectivity index (χ2v) is 8.37. The first-order chi connectivity index (χ1) is 13.3. The predicted molar refractivity (Wildman–Crippen MR) is 116 cm³/mol. The van der Waals surface area contributed by atoms with Crippen LogP contribution >= 0.6 is 12.6 Å². The van der Waals surface area contributed by atoms with E-state index in [0.717, 1.165) is 17.7 Å². The van der Waals surface area contributed by atoms with Gasteiger partial charge in [0, 0.05) is 5.69 Å². The molecular formula is C23H25N3OS. The number of anilines is 1. The molecule has 0 saturated heterocycles. The van der Waals surface area contributed by atoms with Crippen molar-refractivity contribution in [2.24, 2.45) is 0 Å². The Balaban J connectivity index is 2.08. The molecular weight excluding hydrogens is 366 g/mol. The van der Waals surface area contributed by atoms with Crippen molar-refractivity contribution in [2.45, 2.75) is 45.7 Å². The van der Waals surface area contributed by atoms with E-state index in [1.54, 1.807) is 0 Å². The monoisotopic (exact) mass is 391 g/mol. The topological polar surface area (TPSA) is 56.1 Å². The lowest BCUT2D eigenvalue weighted by Gasteiger charge is -2.38. The van der Waals surface area contributed by atoms with Gasteiger partial charge in [0.1, 0.15) is 17.8 Å². The summed E-state index contributed by atoms with van der Waals surface area (Å²) in [5, 5.41) is 12.7. The summed E-state index contributed by atoms with van der Waals surface area (Å²) in [4.78, 5) is 14.4. The van der Waals surface area contributed by atoms with Gasteiger partial charge in [0.25, 0.3) is 5.91 Å². The molecule has 0 aromatic heterocycles. The maximum atomic E-state index is 12.5. The van der Waals surface area contributed by atoms with Crippen LogP contribution in [0.1, 0.15) is 50.6 Å². The second-order valence-electron chi connectivity index (χ2n) is 7.95. The fourth-order valence-corrected chi connectivity index (χ4v) is 3.65. The van der Waals surface area contributed by atoms with E-state index < -0.39 is 12.1 Å². The zero-order chi connectivity index (χ0) is 20.5. The summed E-state index contributed by atoms with van der Waals surface area (Å²) in [7, 11) is 0. The lowest BCUT2D eigenvalue weighted by Crippen LogP contribution is -2.46. The number of carbonyl (C=O) groups is 1. The van der Waals surface area contributed by atoms with Gasteiger partial charge in [0.15, 0.2) is 0 Å². The molecule has 1 aliphatic rings. The number of carbonyl (C=O) groups excluding carboxylic acids is 1. The number of nitrogens with zero attached hydrogens (tertiary/aromatic N) is 2. The quantitative estimate of drug-likeness (QED) is 0.736. The van der Waals surface area contributed by atoms with Crippen molar-refractivity contribution in [1.29, 1.82) is 5.26 Å². The van der Waals surface area contributed by atoms with Gasteiger partial charge < -0.3 is 10.2 Å². The predicted octanol–water partition coefficient (Wildman–Crippen LogP) is 4.85. The maximum absolute atomic E-state index is 12.5. The minimum absolute atomic E-state index is 0.0189. The number of amides is 1. The van der Waals surface area contributed by atoms with Crippen LogP contribution in [0.15, 0.2) is 59.1 Å². The van der Waals surface area contributed by atoms with Gasteiger partial charge in [-0.3, -0.25) is 4.79 Å². The SMILES string of the molecule is CCc1ccc(N2C(S)=C(C#N)C(=O)NC2c2ccc(C(C)(C)C)cc2)cc1. The Morgan fingerprint density at radius 3 is 2.21 bits per heavy atom. The number of hydrogen-bond acceptors (Lipinski definition) is 4. The summed E-state index contributed by atoms with van der Waals surface area (Å²) < 4.78 is 0. The van der Waals surface area contributed by atoms with Gasteiger partial charge in [0.2, 0.25) is 0 Å². The molecule has 1 N–H and O–H groups in total. The summed E-state index contributed by atoms with van der Waals surface area (Å²) in [6.45, 7) is 8.60. The Morgan fingerprint density at radius 1 is 1.11 bits per heavy atom. The number of benzene rings is 2. The summed E-state index contributed by atoms with van der Waals surface area (Å²) in [6.07, 6.45) is 0.514. The van der Waals surface area contributed by atoms with Crippen molar-refractivity contribution in [1.82, 2.24) is 5.32 Å². The lowest BCUT2D eigenvalue weighted by atomic mass is 9.86. The van der Waals surface area contributed by atoms with Crippen molar-refractivity contribution in [3.8, 4) is 6.07 Å². The van der Waals surface area contributed by atoms with Crippen LogP contribution in [-0.2, 0) is 16.6 Å². The summed E-state index contributed by atoms with van der Waals surface area (Å²) in [5.74, 6) is -0.404. The van der Waals surface area contributed by atoms with E-state index in [4.69, 9.17) is 0 Å². The fourth-order valence-electron chi connectivity index (χ4n) is 3.27. The molecule has 144 valence electrons. The van der Waals surface area contributed by atoms with Crippen LogP contribution < -0.4 is 10.2 Å². The Labute approximate surface area is 172 Å². The number of aryl methyl sites for hydroxylation is 1. The molecule has 1 aliphatic heterocycles. The average Bonchev–Trinajstić information content (AvgIpc) is 2.67. The van der Waals surface area contributed by atoms with Crippen LogP contribution in [0.4, 0.5) is 5.69 Å². The second kappa shape index (κ2) is 7.73. The minimum atomic E-state index is -0.432. The molecule has 1 heterocycles. The zero-order valence-electron chi connectivity index (χ0n) is 16.7. The first-order valence-electron chi connectivity index (χ1n) is 9.39. The van der Waals surface area contributed by atoms with Gasteiger partial charge >= 0.3 is 0 Å². The molecule has 28 heavy (non-hydrogen) atoms. The molecule has 0 spiro atoms. The van der Waals surface area contributed by atoms with Crippen LogP contribution in [0.5, 0.6) is 0 Å². The molecule has 3 rings (SSSR count). The van der Waals surface area contributed by atoms with E-state index in [0.29, 0.717) is 5.03 Å². The number of thiol groups is 1. The summed E-state index contributed by atoms with van der Waals surface area (Å²) >= 11 is 4.55. The molecule has 2 aromatic rings. The number of rotatable bonds is 3. The van der Waals surface area contributed by atoms with Crippen LogP contribution in [-0.4, -0.2) is 5.91 Å². The first kappa shape index (κ1) is 20.0. The van der Waals surface area contributed by atoms with Crippen molar-refractivity contribution >= 4 is 24.2 Å². The molecule has 1 atom stereocenters. The molecule has 0 saturated carbocycles.